The number of carboxylic acids is 2. The van der Waals surface area contributed by atoms with Gasteiger partial charge in [-0.3, -0.25) is 28.8 Å². The summed E-state index contributed by atoms with van der Waals surface area (Å²) in [6, 6.07) is 40.1. The van der Waals surface area contributed by atoms with Gasteiger partial charge in [-0.2, -0.15) is 0 Å². The number of ether oxygens (including phenoxy) is 5. The zero-order chi connectivity index (χ0) is 69.5. The molecule has 0 aliphatic heterocycles. The van der Waals surface area contributed by atoms with Gasteiger partial charge in [0.15, 0.2) is 0 Å². The van der Waals surface area contributed by atoms with Crippen LogP contribution in [-0.4, -0.2) is 57.8 Å². The van der Waals surface area contributed by atoms with Gasteiger partial charge in [0, 0.05) is 58.2 Å². The number of Topliss-reactive ketones (excluding diaryl/α,β-unsaturated/α-hetero) is 1. The quantitative estimate of drug-likeness (QED) is 0.101. The summed E-state index contributed by atoms with van der Waals surface area (Å²) in [6.07, 6.45) is 0.177. The van der Waals surface area contributed by atoms with Crippen LogP contribution in [0.5, 0.6) is 28.7 Å². The van der Waals surface area contributed by atoms with Crippen LogP contribution >= 0.6 is 0 Å². The lowest BCUT2D eigenvalue weighted by Gasteiger charge is -2.26. The molecule has 0 amide bonds. The van der Waals surface area contributed by atoms with Gasteiger partial charge in [-0.15, -0.1) is 0 Å². The second-order valence-corrected chi connectivity index (χ2v) is 27.6. The van der Waals surface area contributed by atoms with Crippen LogP contribution in [-0.2, 0) is 67.7 Å². The molecule has 0 unspecified atom stereocenters. The van der Waals surface area contributed by atoms with Crippen molar-refractivity contribution in [3.05, 3.63) is 184 Å². The first-order valence-corrected chi connectivity index (χ1v) is 29.6. The van der Waals surface area contributed by atoms with Crippen LogP contribution < -0.4 is 23.7 Å². The molecule has 15 heteroatoms. The van der Waals surface area contributed by atoms with Gasteiger partial charge in [0.25, 0.3) is 0 Å². The van der Waals surface area contributed by atoms with Crippen molar-refractivity contribution in [2.45, 2.75) is 205 Å². The summed E-state index contributed by atoms with van der Waals surface area (Å²) in [5.41, 5.74) is 7.73. The lowest BCUT2D eigenvalue weighted by molar-refractivity contribution is -0.133. The third-order valence-corrected chi connectivity index (χ3v) is 12.7. The summed E-state index contributed by atoms with van der Waals surface area (Å²) in [7, 11) is 0. The van der Waals surface area contributed by atoms with Crippen molar-refractivity contribution in [3.63, 3.8) is 0 Å². The van der Waals surface area contributed by atoms with Gasteiger partial charge in [-0.05, 0) is 128 Å². The zero-order valence-corrected chi connectivity index (χ0v) is 57.6. The lowest BCUT2D eigenvalue weighted by Crippen LogP contribution is -2.19. The van der Waals surface area contributed by atoms with E-state index in [4.69, 9.17) is 33.9 Å². The highest BCUT2D eigenvalue weighted by Gasteiger charge is 2.27. The molecule has 15 nitrogen and oxygen atoms in total. The van der Waals surface area contributed by atoms with Gasteiger partial charge in [-0.25, -0.2) is 9.59 Å². The van der Waals surface area contributed by atoms with E-state index in [0.717, 1.165) is 27.8 Å². The molecule has 6 aromatic rings. The molecule has 0 aliphatic carbocycles. The summed E-state index contributed by atoms with van der Waals surface area (Å²) in [5.74, 6) is -1.12. The van der Waals surface area contributed by atoms with Crippen LogP contribution in [0.2, 0.25) is 0 Å². The minimum absolute atomic E-state index is 0.00542. The number of esters is 5. The van der Waals surface area contributed by atoms with E-state index in [1.54, 1.807) is 42.5 Å². The molecule has 0 heterocycles. The van der Waals surface area contributed by atoms with E-state index in [2.05, 4.69) is 104 Å². The number of ketones is 1. The van der Waals surface area contributed by atoms with Crippen molar-refractivity contribution in [1.29, 1.82) is 0 Å². The number of carbonyl (C=O) groups is 8. The Kier molecular flexibility index (Phi) is 30.2. The van der Waals surface area contributed by atoms with E-state index >= 15 is 0 Å². The molecule has 0 saturated carbocycles. The molecular formula is C75H98O15. The van der Waals surface area contributed by atoms with Crippen molar-refractivity contribution in [2.24, 2.45) is 0 Å². The van der Waals surface area contributed by atoms with Crippen molar-refractivity contribution in [3.8, 4) is 28.7 Å². The van der Waals surface area contributed by atoms with Gasteiger partial charge in [-0.1, -0.05) is 191 Å². The van der Waals surface area contributed by atoms with Gasteiger partial charge >= 0.3 is 41.8 Å². The fourth-order valence-corrected chi connectivity index (χ4v) is 8.31. The average Bonchev–Trinajstić information content (AvgIpc) is 0.996. The maximum absolute atomic E-state index is 11.5. The van der Waals surface area contributed by atoms with Gasteiger partial charge in [0.1, 0.15) is 34.5 Å². The molecule has 0 spiro atoms. The van der Waals surface area contributed by atoms with Crippen molar-refractivity contribution < 1.29 is 72.3 Å². The van der Waals surface area contributed by atoms with E-state index in [1.165, 1.54) is 53.2 Å². The topological polar surface area (TPSA) is 223 Å². The number of aromatic carboxylic acids is 2. The molecule has 90 heavy (non-hydrogen) atoms. The summed E-state index contributed by atoms with van der Waals surface area (Å²) in [5, 5.41) is 17.5. The summed E-state index contributed by atoms with van der Waals surface area (Å²) in [4.78, 5) is 87.6. The maximum Gasteiger partial charge on any atom is 0.335 e. The van der Waals surface area contributed by atoms with Crippen LogP contribution in [0, 0.1) is 0 Å². The Morgan fingerprint density at radius 1 is 0.322 bits per heavy atom. The summed E-state index contributed by atoms with van der Waals surface area (Å²) < 4.78 is 25.4. The minimum atomic E-state index is -0.875. The predicted octanol–water partition coefficient (Wildman–Crippen LogP) is 17.1. The van der Waals surface area contributed by atoms with Crippen LogP contribution in [0.4, 0.5) is 0 Å². The number of carboxylic acid groups (broad SMARTS) is 2. The second-order valence-electron chi connectivity index (χ2n) is 27.6. The molecule has 0 aliphatic rings. The molecule has 0 aromatic heterocycles. The normalized spacial score (nSPS) is 11.2. The average molecular weight is 1240 g/mol. The third-order valence-electron chi connectivity index (χ3n) is 12.7. The highest BCUT2D eigenvalue weighted by atomic mass is 16.6. The van der Waals surface area contributed by atoms with Crippen LogP contribution in [0.1, 0.15) is 226 Å². The molecule has 6 rings (SSSR count). The van der Waals surface area contributed by atoms with E-state index in [9.17, 15) is 38.4 Å². The predicted molar refractivity (Wildman–Crippen MR) is 356 cm³/mol. The smallest absolute Gasteiger partial charge is 0.335 e. The number of rotatable bonds is 9. The van der Waals surface area contributed by atoms with Gasteiger partial charge in [0.05, 0.1) is 11.1 Å². The monoisotopic (exact) mass is 1240 g/mol. The lowest BCUT2D eigenvalue weighted by atomic mass is 9.81. The van der Waals surface area contributed by atoms with E-state index in [0.29, 0.717) is 39.7 Å². The number of carbonyl (C=O) groups excluding carboxylic acids is 6. The van der Waals surface area contributed by atoms with E-state index in [1.807, 2.05) is 106 Å². The standard InChI is InChI=1S/C17H22O5.3C12H16O2.2C11H14O2/c1-10(18)7-13-8-14(21-11(2)19)9-15(22-12(3)20)16(13)17(4,5)6;1-9(13)14-11-7-5-10(6-8-11)12(2,3)4;1-9(13)14-11-7-5-6-10(8-11)12(2,3)4;1-9(13)14-11-8-6-5-7-10(11)12(2,3)4;1-11(2,3)9-6-4-8(5-7-9)10(12)13;1-11(2,3)9-6-4-5-8(7-9)10(12)13/h8-9H,7H2,1-6H3;3*5-8H,1-4H3;2*4-7H,1-3H3,(H,12,13). The first-order valence-electron chi connectivity index (χ1n) is 29.6. The summed E-state index contributed by atoms with van der Waals surface area (Å²) >= 11 is 0. The van der Waals surface area contributed by atoms with Crippen LogP contribution in [0.3, 0.4) is 0 Å². The minimum Gasteiger partial charge on any atom is -0.478 e. The van der Waals surface area contributed by atoms with Crippen molar-refractivity contribution >= 4 is 47.6 Å². The van der Waals surface area contributed by atoms with Crippen molar-refractivity contribution in [2.75, 3.05) is 0 Å². The molecule has 0 fully saturated rings. The Balaban J connectivity index is 0.000000546. The largest absolute Gasteiger partial charge is 0.478 e. The number of hydrogen-bond acceptors (Lipinski definition) is 13. The first kappa shape index (κ1) is 79.3. The molecule has 0 saturated heterocycles. The number of para-hydroxylation sites is 1. The molecule has 2 N–H and O–H groups in total. The first-order chi connectivity index (χ1) is 41.0. The molecular weight excluding hydrogens is 1140 g/mol. The maximum atomic E-state index is 11.5. The number of hydrogen-bond donors (Lipinski definition) is 2. The summed E-state index contributed by atoms with van der Waals surface area (Å²) in [6.45, 7) is 45.8. The van der Waals surface area contributed by atoms with E-state index in [-0.39, 0.29) is 68.4 Å². The molecule has 6 aromatic carbocycles. The highest BCUT2D eigenvalue weighted by molar-refractivity contribution is 5.88. The third kappa shape index (κ3) is 30.5. The Morgan fingerprint density at radius 2 is 0.711 bits per heavy atom. The fourth-order valence-electron chi connectivity index (χ4n) is 8.31. The molecule has 0 bridgehead atoms. The molecule has 488 valence electrons. The van der Waals surface area contributed by atoms with Crippen LogP contribution in [0.25, 0.3) is 0 Å². The Labute approximate surface area is 534 Å². The Bertz CT molecular complexity index is 3340. The van der Waals surface area contributed by atoms with Gasteiger partial charge < -0.3 is 33.9 Å². The number of benzene rings is 6. The van der Waals surface area contributed by atoms with Gasteiger partial charge in [0.2, 0.25) is 0 Å². The molecule has 0 radical (unpaired) electrons. The second kappa shape index (κ2) is 34.3. The Morgan fingerprint density at radius 3 is 1.11 bits per heavy atom. The highest BCUT2D eigenvalue weighted by Crippen LogP contribution is 2.39. The Hall–Kier alpha value is -8.72. The fraction of sp³-hybridized carbons (Fsp3) is 0.413. The van der Waals surface area contributed by atoms with Crippen LogP contribution in [0.15, 0.2) is 133 Å². The zero-order valence-electron chi connectivity index (χ0n) is 57.6. The molecule has 0 atom stereocenters. The van der Waals surface area contributed by atoms with Crippen molar-refractivity contribution in [1.82, 2.24) is 0 Å². The SMILES string of the molecule is CC(=O)Cc1cc(OC(C)=O)cc(OC(C)=O)c1C(C)(C)C.CC(=O)Oc1ccc(C(C)(C)C)cc1.CC(=O)Oc1cccc(C(C)(C)C)c1.CC(=O)Oc1ccccc1C(C)(C)C.CC(C)(C)c1ccc(C(=O)O)cc1.CC(C)(C)c1cccc(C(=O)O)c1. The van der Waals surface area contributed by atoms with E-state index < -0.39 is 23.9 Å².